The molecule has 0 N–H and O–H groups in total. The molecule has 0 radical (unpaired) electrons. The lowest BCUT2D eigenvalue weighted by Gasteiger charge is -2.21. The van der Waals surface area contributed by atoms with E-state index in [1.165, 1.54) is 5.56 Å². The molecular weight excluding hydrogens is 252 g/mol. The molecule has 1 aromatic rings. The van der Waals surface area contributed by atoms with Crippen LogP contribution in [0.3, 0.4) is 0 Å². The van der Waals surface area contributed by atoms with Crippen LogP contribution in [0.25, 0.3) is 0 Å². The van der Waals surface area contributed by atoms with Crippen molar-refractivity contribution < 1.29 is 4.74 Å². The van der Waals surface area contributed by atoms with Gasteiger partial charge in [-0.15, -0.1) is 0 Å². The van der Waals surface area contributed by atoms with Crippen molar-refractivity contribution in [1.82, 2.24) is 0 Å². The van der Waals surface area contributed by atoms with Gasteiger partial charge in [0.25, 0.3) is 0 Å². The predicted octanol–water partition coefficient (Wildman–Crippen LogP) is 4.01. The molecule has 0 atom stereocenters. The average molecular weight is 271 g/mol. The molecule has 1 aromatic carbocycles. The summed E-state index contributed by atoms with van der Waals surface area (Å²) in [5.41, 5.74) is 1.57. The van der Waals surface area contributed by atoms with Crippen LogP contribution in [0.15, 0.2) is 30.3 Å². The Morgan fingerprint density at radius 3 is 2.47 bits per heavy atom. The van der Waals surface area contributed by atoms with E-state index in [4.69, 9.17) is 4.74 Å². The monoisotopic (exact) mass is 270 g/mol. The first-order valence-corrected chi connectivity index (χ1v) is 6.44. The van der Waals surface area contributed by atoms with Crippen LogP contribution >= 0.6 is 15.9 Å². The van der Waals surface area contributed by atoms with Crippen molar-refractivity contribution in [1.29, 1.82) is 0 Å². The highest BCUT2D eigenvalue weighted by molar-refractivity contribution is 9.09. The summed E-state index contributed by atoms with van der Waals surface area (Å²) in [6, 6.07) is 10.3. The summed E-state index contributed by atoms with van der Waals surface area (Å²) in [6.45, 7) is 6.04. The molecule has 0 aliphatic heterocycles. The Labute approximate surface area is 101 Å². The third-order valence-electron chi connectivity index (χ3n) is 2.40. The summed E-state index contributed by atoms with van der Waals surface area (Å²) in [5, 5.41) is 1.02. The number of halogens is 1. The van der Waals surface area contributed by atoms with Crippen molar-refractivity contribution in [2.45, 2.75) is 26.9 Å². The van der Waals surface area contributed by atoms with Gasteiger partial charge >= 0.3 is 0 Å². The summed E-state index contributed by atoms with van der Waals surface area (Å²) < 4.78 is 5.64. The highest BCUT2D eigenvalue weighted by Crippen LogP contribution is 2.22. The third-order valence-corrected chi connectivity index (χ3v) is 3.91. The van der Waals surface area contributed by atoms with E-state index in [0.29, 0.717) is 5.41 Å². The Kier molecular flexibility index (Phi) is 5.34. The van der Waals surface area contributed by atoms with Crippen LogP contribution in [-0.4, -0.2) is 11.9 Å². The largest absolute Gasteiger partial charge is 0.377 e. The van der Waals surface area contributed by atoms with Gasteiger partial charge in [-0.05, 0) is 17.4 Å². The van der Waals surface area contributed by atoms with Gasteiger partial charge in [-0.3, -0.25) is 0 Å². The minimum absolute atomic E-state index is 0.330. The highest BCUT2D eigenvalue weighted by atomic mass is 79.9. The lowest BCUT2D eigenvalue weighted by atomic mass is 9.93. The molecule has 0 saturated heterocycles. The molecule has 0 spiro atoms. The first-order valence-electron chi connectivity index (χ1n) is 5.32. The van der Waals surface area contributed by atoms with E-state index in [1.54, 1.807) is 0 Å². The van der Waals surface area contributed by atoms with Crippen molar-refractivity contribution in [2.24, 2.45) is 5.41 Å². The molecule has 0 saturated carbocycles. The number of rotatable bonds is 6. The number of ether oxygens (including phenoxy) is 1. The maximum absolute atomic E-state index is 5.64. The van der Waals surface area contributed by atoms with E-state index < -0.39 is 0 Å². The molecule has 0 aliphatic rings. The lowest BCUT2D eigenvalue weighted by molar-refractivity contribution is 0.0974. The van der Waals surface area contributed by atoms with Crippen LogP contribution in [0.2, 0.25) is 0 Å². The smallest absolute Gasteiger partial charge is 0.0716 e. The zero-order valence-corrected chi connectivity index (χ0v) is 11.1. The van der Waals surface area contributed by atoms with Gasteiger partial charge in [0.2, 0.25) is 0 Å². The van der Waals surface area contributed by atoms with Gasteiger partial charge in [-0.1, -0.05) is 60.1 Å². The Bertz CT molecular complexity index is 269. The fourth-order valence-electron chi connectivity index (χ4n) is 1.18. The van der Waals surface area contributed by atoms with Crippen LogP contribution in [-0.2, 0) is 11.3 Å². The van der Waals surface area contributed by atoms with Gasteiger partial charge < -0.3 is 4.74 Å². The molecule has 0 aliphatic carbocycles. The minimum Gasteiger partial charge on any atom is -0.377 e. The highest BCUT2D eigenvalue weighted by Gasteiger charge is 2.15. The molecule has 0 aromatic heterocycles. The predicted molar refractivity (Wildman–Crippen MR) is 68.3 cm³/mol. The van der Waals surface area contributed by atoms with Crippen LogP contribution in [0.1, 0.15) is 25.8 Å². The maximum atomic E-state index is 5.64. The summed E-state index contributed by atoms with van der Waals surface area (Å²) >= 11 is 3.51. The maximum Gasteiger partial charge on any atom is 0.0716 e. The van der Waals surface area contributed by atoms with Gasteiger partial charge in [0.05, 0.1) is 6.61 Å². The second kappa shape index (κ2) is 6.29. The molecule has 0 amide bonds. The van der Waals surface area contributed by atoms with E-state index in [0.717, 1.165) is 25.0 Å². The van der Waals surface area contributed by atoms with E-state index >= 15 is 0 Å². The van der Waals surface area contributed by atoms with Gasteiger partial charge in [0.1, 0.15) is 0 Å². The summed E-state index contributed by atoms with van der Waals surface area (Å²) in [5.74, 6) is 0. The zero-order valence-electron chi connectivity index (χ0n) is 9.50. The fraction of sp³-hybridized carbons (Fsp3) is 0.538. The molecule has 84 valence electrons. The Hall–Kier alpha value is -0.340. The third kappa shape index (κ3) is 5.33. The normalized spacial score (nSPS) is 11.7. The van der Waals surface area contributed by atoms with E-state index in [2.05, 4.69) is 41.9 Å². The Morgan fingerprint density at radius 2 is 1.87 bits per heavy atom. The van der Waals surface area contributed by atoms with Gasteiger partial charge in [-0.2, -0.15) is 0 Å². The Balaban J connectivity index is 2.18. The molecule has 2 heteroatoms. The van der Waals surface area contributed by atoms with Crippen molar-refractivity contribution in [3.05, 3.63) is 35.9 Å². The van der Waals surface area contributed by atoms with Crippen molar-refractivity contribution in [3.63, 3.8) is 0 Å². The summed E-state index contributed by atoms with van der Waals surface area (Å²) in [7, 11) is 0. The zero-order chi connectivity index (χ0) is 11.1. The van der Waals surface area contributed by atoms with Crippen LogP contribution in [0, 0.1) is 5.41 Å². The standard InChI is InChI=1S/C13H19BrO/c1-13(2,11-14)8-9-15-10-12-6-4-3-5-7-12/h3-7H,8-11H2,1-2H3. The molecule has 0 heterocycles. The number of hydrogen-bond acceptors (Lipinski definition) is 1. The van der Waals surface area contributed by atoms with E-state index in [9.17, 15) is 0 Å². The fourth-order valence-corrected chi connectivity index (χ4v) is 1.46. The molecule has 15 heavy (non-hydrogen) atoms. The number of benzene rings is 1. The molecular formula is C13H19BrO. The van der Waals surface area contributed by atoms with E-state index in [1.807, 2.05) is 18.2 Å². The van der Waals surface area contributed by atoms with Crippen molar-refractivity contribution >= 4 is 15.9 Å². The quantitative estimate of drug-likeness (QED) is 0.561. The van der Waals surface area contributed by atoms with Crippen molar-refractivity contribution in [3.8, 4) is 0 Å². The lowest BCUT2D eigenvalue weighted by Crippen LogP contribution is -2.15. The second-order valence-corrected chi connectivity index (χ2v) is 5.15. The summed E-state index contributed by atoms with van der Waals surface area (Å²) in [4.78, 5) is 0. The van der Waals surface area contributed by atoms with Crippen LogP contribution in [0.5, 0.6) is 0 Å². The topological polar surface area (TPSA) is 9.23 Å². The van der Waals surface area contributed by atoms with Crippen LogP contribution in [0.4, 0.5) is 0 Å². The number of hydrogen-bond donors (Lipinski definition) is 0. The minimum atomic E-state index is 0.330. The van der Waals surface area contributed by atoms with Gasteiger partial charge in [0.15, 0.2) is 0 Å². The average Bonchev–Trinajstić information content (AvgIpc) is 2.26. The summed E-state index contributed by atoms with van der Waals surface area (Å²) in [6.07, 6.45) is 1.09. The Morgan fingerprint density at radius 1 is 1.20 bits per heavy atom. The first kappa shape index (κ1) is 12.7. The molecule has 1 rings (SSSR count). The van der Waals surface area contributed by atoms with E-state index in [-0.39, 0.29) is 0 Å². The molecule has 0 fully saturated rings. The molecule has 0 unspecified atom stereocenters. The molecule has 1 nitrogen and oxygen atoms in total. The molecule has 0 bridgehead atoms. The van der Waals surface area contributed by atoms with Crippen LogP contribution < -0.4 is 0 Å². The first-order chi connectivity index (χ1) is 7.14. The SMILES string of the molecule is CC(C)(CBr)CCOCc1ccccc1. The number of alkyl halides is 1. The van der Waals surface area contributed by atoms with Crippen molar-refractivity contribution in [2.75, 3.05) is 11.9 Å². The second-order valence-electron chi connectivity index (χ2n) is 4.59. The van der Waals surface area contributed by atoms with Gasteiger partial charge in [-0.25, -0.2) is 0 Å². The van der Waals surface area contributed by atoms with Gasteiger partial charge in [0, 0.05) is 11.9 Å².